The second-order valence-corrected chi connectivity index (χ2v) is 20.9. The van der Waals surface area contributed by atoms with Gasteiger partial charge < -0.3 is 63.0 Å². The van der Waals surface area contributed by atoms with Gasteiger partial charge in [-0.2, -0.15) is 0 Å². The molecule has 7 aliphatic heterocycles. The predicted octanol–water partition coefficient (Wildman–Crippen LogP) is 1.89. The van der Waals surface area contributed by atoms with Crippen molar-refractivity contribution in [3.05, 3.63) is 12.2 Å². The Morgan fingerprint density at radius 1 is 0.794 bits per heavy atom. The fourth-order valence-electron chi connectivity index (χ4n) is 10.6. The fourth-order valence-corrected chi connectivity index (χ4v) is 10.6. The molecule has 0 radical (unpaired) electrons. The summed E-state index contributed by atoms with van der Waals surface area (Å²) in [6.07, 6.45) is -0.362. The summed E-state index contributed by atoms with van der Waals surface area (Å²) < 4.78 is 66.0. The number of fused-ring (bicyclic) bond motifs is 6. The van der Waals surface area contributed by atoms with Crippen molar-refractivity contribution in [2.75, 3.05) is 0 Å². The van der Waals surface area contributed by atoms with Crippen LogP contribution in [-0.2, 0) is 61.4 Å². The number of allylic oxidation sites excluding steroid dienone is 1. The van der Waals surface area contributed by atoms with E-state index >= 15 is 4.79 Å². The molecule has 4 N–H and O–H groups in total. The fraction of sp³-hybridized carbons (Fsp3) is 0.889. The van der Waals surface area contributed by atoms with E-state index in [1.165, 1.54) is 0 Å². The molecule has 6 saturated heterocycles. The number of hydrogen-bond acceptors (Lipinski definition) is 16. The molecule has 0 amide bonds. The van der Waals surface area contributed by atoms with E-state index in [-0.39, 0.29) is 48.0 Å². The second kappa shape index (κ2) is 19.4. The van der Waals surface area contributed by atoms with Gasteiger partial charge in [-0.3, -0.25) is 4.79 Å². The predicted molar refractivity (Wildman–Crippen MR) is 223 cm³/mol. The molecule has 0 aromatic rings. The first kappa shape index (κ1) is 51.2. The average Bonchev–Trinajstić information content (AvgIpc) is 3.84. The Hall–Kier alpha value is -1.19. The van der Waals surface area contributed by atoms with E-state index in [0.29, 0.717) is 64.2 Å². The number of nitrogens with two attached hydrogens (primary N) is 1. The standard InChI is InChI=1S/C45H73BNO15.Na/c1-24(2)36(47)39(50)54-27(5)30-16-12-11-13-17-32(48)42(7,8)34-21-19-26(4)45(57-34)38-41(52)56-31-23-29(53-28(31)6)15-14-18-33(49)43(9,10)35-22-20-25(3)44(58-35)37(40(51)55-30)59-46(60-38,61-44)62-45;/h11-12,24-38,48-49H,13-23,47H2,1-10H3;/q-1;+1/b12-11+;/t25-,26-,27-,28-,29-,30+,31+,32+,33-,34+,35+,36-,37+,38+,44-,45-,46?;/m1./s1. The third-order valence-electron chi connectivity index (χ3n) is 15.5. The first-order valence-electron chi connectivity index (χ1n) is 23.3. The van der Waals surface area contributed by atoms with Gasteiger partial charge in [0.25, 0.3) is 0 Å². The number of rotatable bonds is 4. The monoisotopic (exact) mass is 901 g/mol. The van der Waals surface area contributed by atoms with Gasteiger partial charge in [0.1, 0.15) is 24.4 Å². The van der Waals surface area contributed by atoms with Gasteiger partial charge in [-0.15, -0.1) is 0 Å². The van der Waals surface area contributed by atoms with E-state index in [1.54, 1.807) is 6.92 Å². The first-order chi connectivity index (χ1) is 29.0. The zero-order valence-corrected chi connectivity index (χ0v) is 41.4. The second-order valence-electron chi connectivity index (χ2n) is 20.9. The van der Waals surface area contributed by atoms with Crippen molar-refractivity contribution >= 4 is 24.9 Å². The maximum Gasteiger partial charge on any atom is 1.00 e. The normalized spacial score (nSPS) is 45.6. The zero-order chi connectivity index (χ0) is 45.2. The molecule has 0 aromatic carbocycles. The molecule has 0 aliphatic carbocycles. The number of aliphatic hydroxyl groups is 2. The van der Waals surface area contributed by atoms with Gasteiger partial charge in [0.15, 0.2) is 23.8 Å². The molecule has 0 aromatic heterocycles. The molecule has 17 atom stereocenters. The molecule has 7 aliphatic rings. The minimum absolute atomic E-state index is 0. The summed E-state index contributed by atoms with van der Waals surface area (Å²) in [4.78, 5) is 42.9. The van der Waals surface area contributed by atoms with Crippen LogP contribution in [0, 0.1) is 28.6 Å². The third kappa shape index (κ3) is 9.76. The van der Waals surface area contributed by atoms with Crippen molar-refractivity contribution in [3.8, 4) is 0 Å². The number of ether oxygens (including phenoxy) is 6. The van der Waals surface area contributed by atoms with Gasteiger partial charge in [0.2, 0.25) is 0 Å². The molecule has 16 nitrogen and oxygen atoms in total. The van der Waals surface area contributed by atoms with E-state index in [0.717, 1.165) is 0 Å². The Labute approximate surface area is 395 Å². The first-order valence-corrected chi connectivity index (χ1v) is 23.3. The Kier molecular flexibility index (Phi) is 15.8. The van der Waals surface area contributed by atoms with Crippen LogP contribution in [0.4, 0.5) is 0 Å². The van der Waals surface area contributed by atoms with E-state index in [9.17, 15) is 19.8 Å². The van der Waals surface area contributed by atoms with Crippen LogP contribution in [0.3, 0.4) is 0 Å². The van der Waals surface area contributed by atoms with Crippen molar-refractivity contribution in [2.45, 2.75) is 225 Å². The van der Waals surface area contributed by atoms with Crippen LogP contribution in [0.25, 0.3) is 0 Å². The summed E-state index contributed by atoms with van der Waals surface area (Å²) in [5, 5.41) is 23.6. The van der Waals surface area contributed by atoms with E-state index in [1.807, 2.05) is 74.5 Å². The van der Waals surface area contributed by atoms with E-state index < -0.39 is 126 Å². The molecular weight excluding hydrogens is 828 g/mol. The van der Waals surface area contributed by atoms with Gasteiger partial charge in [0.05, 0.1) is 36.6 Å². The molecule has 0 saturated carbocycles. The molecular formula is C45H73BNNaO15. The van der Waals surface area contributed by atoms with Crippen LogP contribution in [0.15, 0.2) is 12.2 Å². The van der Waals surface area contributed by atoms with Crippen molar-refractivity contribution in [3.63, 3.8) is 0 Å². The molecule has 63 heavy (non-hydrogen) atoms. The summed E-state index contributed by atoms with van der Waals surface area (Å²) in [6.45, 7) is 15.1. The largest absolute Gasteiger partial charge is 1.00 e. The summed E-state index contributed by atoms with van der Waals surface area (Å²) in [6, 6.07) is -0.902. The Morgan fingerprint density at radius 3 is 1.89 bits per heavy atom. The molecule has 352 valence electrons. The molecule has 1 unspecified atom stereocenters. The van der Waals surface area contributed by atoms with Crippen LogP contribution in [0.2, 0.25) is 0 Å². The van der Waals surface area contributed by atoms with Crippen LogP contribution < -0.4 is 35.3 Å². The number of hydrogen-bond donors (Lipinski definition) is 3. The zero-order valence-electron chi connectivity index (χ0n) is 39.4. The van der Waals surface area contributed by atoms with Gasteiger partial charge in [-0.25, -0.2) is 9.59 Å². The molecule has 9 bridgehead atoms. The molecule has 7 rings (SSSR count). The van der Waals surface area contributed by atoms with Crippen LogP contribution in [-0.4, -0.2) is 120 Å². The smallest absolute Gasteiger partial charge is 0.504 e. The minimum Gasteiger partial charge on any atom is -0.504 e. The van der Waals surface area contributed by atoms with Gasteiger partial charge in [-0.1, -0.05) is 67.5 Å². The van der Waals surface area contributed by atoms with Crippen molar-refractivity contribution in [1.82, 2.24) is 0 Å². The molecule has 6 fully saturated rings. The van der Waals surface area contributed by atoms with E-state index in [2.05, 4.69) is 0 Å². The maximum absolute atomic E-state index is 15.0. The Bertz CT molecular complexity index is 1690. The number of aliphatic hydroxyl groups excluding tert-OH is 2. The Balaban J connectivity index is 0.00000661. The number of esters is 3. The van der Waals surface area contributed by atoms with Crippen LogP contribution in [0.1, 0.15) is 140 Å². The number of cyclic esters (lactones) is 1. The average molecular weight is 902 g/mol. The maximum atomic E-state index is 15.0. The van der Waals surface area contributed by atoms with Crippen molar-refractivity contribution in [2.24, 2.45) is 34.3 Å². The van der Waals surface area contributed by atoms with Crippen molar-refractivity contribution in [1.29, 1.82) is 0 Å². The van der Waals surface area contributed by atoms with Gasteiger partial charge in [0, 0.05) is 35.5 Å². The summed E-state index contributed by atoms with van der Waals surface area (Å²) in [5.41, 5.74) is 4.48. The summed E-state index contributed by atoms with van der Waals surface area (Å²) in [5.74, 6) is -7.31. The van der Waals surface area contributed by atoms with Crippen LogP contribution in [0.5, 0.6) is 0 Å². The molecule has 3 spiro atoms. The number of carbonyl (C=O) groups excluding carboxylic acids is 3. The Morgan fingerprint density at radius 2 is 1.33 bits per heavy atom. The summed E-state index contributed by atoms with van der Waals surface area (Å²) in [7, 11) is 0. The minimum atomic E-state index is -3.53. The molecule has 7 heterocycles. The third-order valence-corrected chi connectivity index (χ3v) is 15.5. The SMILES string of the molecule is CC(C)[C@@H](N)C(=O)O[C@H](C)[C@@H]1C/C=C/CC[C@H](O)C(C)(C)[C@@H]2CC[C@@H](C)[C@@]3(O2)O[B-]24O[C@@H](C(=O)O1)[C@]1(O[C@@H](CC[C@H]1C)C(C)(C)[C@H](O)CCC[C@@H]1C[C@H](OC(=O)[C@@H]3O2)[C@@H](C)O1)O4.[Na+]. The van der Waals surface area contributed by atoms with E-state index in [4.69, 9.17) is 52.8 Å². The van der Waals surface area contributed by atoms with Gasteiger partial charge >= 0.3 is 54.4 Å². The van der Waals surface area contributed by atoms with Crippen LogP contribution >= 0.6 is 0 Å². The number of carbonyl (C=O) groups is 3. The summed E-state index contributed by atoms with van der Waals surface area (Å²) >= 11 is 0. The van der Waals surface area contributed by atoms with Gasteiger partial charge in [-0.05, 0) is 77.6 Å². The molecule has 18 heteroatoms. The van der Waals surface area contributed by atoms with Crippen molar-refractivity contribution < 1.29 is 101 Å². The topological polar surface area (TPSA) is 210 Å². The quantitative estimate of drug-likeness (QED) is 0.159.